The molecule has 7 nitrogen and oxygen atoms in total. The Balaban J connectivity index is 1.53. The van der Waals surface area contributed by atoms with Crippen LogP contribution < -0.4 is 10.2 Å². The standard InChI is InChI=1S/C32H36ClF7N4O3/c1-42(25-15-21(31(35,36)37)14-22(16-25)32(38,39)40)30(47)43(2)27-18-44(17-26(27)19-5-9-23(34)10-6-19)29(46)20-7-11-24(12-8-20)41-28(45)4-3-13-33/h5-6,9-10,14-16,20,24,26-27H,3-4,7-8,11-13,17-18H2,1-2H3,(H,41,45)/t20?,24?,26-,27+/m0/s1. The molecule has 2 fully saturated rings. The Bertz CT molecular complexity index is 1400. The fraction of sp³-hybridized carbons (Fsp3) is 0.531. The van der Waals surface area contributed by atoms with E-state index in [1.165, 1.54) is 36.2 Å². The number of nitrogens with zero attached hydrogens (tertiary/aromatic N) is 3. The van der Waals surface area contributed by atoms with Gasteiger partial charge in [0.05, 0.1) is 17.2 Å². The molecule has 0 aromatic heterocycles. The first-order valence-electron chi connectivity index (χ1n) is 15.2. The van der Waals surface area contributed by atoms with Crippen LogP contribution in [0.3, 0.4) is 0 Å². The van der Waals surface area contributed by atoms with E-state index < -0.39 is 53.0 Å². The lowest BCUT2D eigenvalue weighted by Crippen LogP contribution is -2.48. The van der Waals surface area contributed by atoms with Crippen LogP contribution in [0, 0.1) is 11.7 Å². The number of hydrogen-bond donors (Lipinski definition) is 1. The van der Waals surface area contributed by atoms with Crippen molar-refractivity contribution in [1.82, 2.24) is 15.1 Å². The smallest absolute Gasteiger partial charge is 0.353 e. The third kappa shape index (κ3) is 8.88. The number of carbonyl (C=O) groups excluding carboxylic acids is 3. The first-order chi connectivity index (χ1) is 22.0. The van der Waals surface area contributed by atoms with Gasteiger partial charge in [-0.25, -0.2) is 9.18 Å². The lowest BCUT2D eigenvalue weighted by molar-refractivity contribution is -0.143. The summed E-state index contributed by atoms with van der Waals surface area (Å²) >= 11 is 5.65. The van der Waals surface area contributed by atoms with Crippen molar-refractivity contribution < 1.29 is 45.1 Å². The van der Waals surface area contributed by atoms with E-state index in [2.05, 4.69) is 5.32 Å². The zero-order chi connectivity index (χ0) is 34.7. The topological polar surface area (TPSA) is 73.0 Å². The normalized spacial score (nSPS) is 21.8. The minimum Gasteiger partial charge on any atom is -0.353 e. The number of urea groups is 1. The highest BCUT2D eigenvalue weighted by Gasteiger charge is 2.43. The van der Waals surface area contributed by atoms with Gasteiger partial charge in [0.15, 0.2) is 0 Å². The van der Waals surface area contributed by atoms with Crippen molar-refractivity contribution in [2.75, 3.05) is 38.0 Å². The molecule has 2 aromatic carbocycles. The zero-order valence-electron chi connectivity index (χ0n) is 25.8. The number of nitrogens with one attached hydrogen (secondary N) is 1. The highest BCUT2D eigenvalue weighted by Crippen LogP contribution is 2.39. The molecule has 15 heteroatoms. The lowest BCUT2D eigenvalue weighted by Gasteiger charge is -2.33. The number of rotatable bonds is 8. The number of anilines is 1. The maximum absolute atomic E-state index is 13.8. The molecule has 0 radical (unpaired) electrons. The van der Waals surface area contributed by atoms with E-state index in [1.54, 1.807) is 4.90 Å². The SMILES string of the molecule is CN(C(=O)N(C)[C@@H]1CN(C(=O)C2CCC(NC(=O)CCCCl)CC2)C[C@H]1c1ccc(F)cc1)c1cc(C(F)(F)F)cc(C(F)(F)F)c1. The van der Waals surface area contributed by atoms with Crippen LogP contribution in [0.1, 0.15) is 61.1 Å². The van der Waals surface area contributed by atoms with Crippen LogP contribution in [-0.4, -0.2) is 72.8 Å². The monoisotopic (exact) mass is 692 g/mol. The minimum absolute atomic E-state index is 0.0143. The van der Waals surface area contributed by atoms with E-state index in [9.17, 15) is 45.1 Å². The van der Waals surface area contributed by atoms with Crippen molar-refractivity contribution >= 4 is 35.1 Å². The number of hydrogen-bond acceptors (Lipinski definition) is 3. The molecule has 258 valence electrons. The lowest BCUT2D eigenvalue weighted by atomic mass is 9.85. The number of halogens is 8. The molecular weight excluding hydrogens is 657 g/mol. The largest absolute Gasteiger partial charge is 0.416 e. The van der Waals surface area contributed by atoms with Crippen LogP contribution in [0.4, 0.5) is 41.2 Å². The summed E-state index contributed by atoms with van der Waals surface area (Å²) in [6.45, 7) is 0.204. The van der Waals surface area contributed by atoms with Gasteiger partial charge in [-0.05, 0) is 68.0 Å². The van der Waals surface area contributed by atoms with Gasteiger partial charge in [0, 0.05) is 63.1 Å². The third-order valence-electron chi connectivity index (χ3n) is 8.92. The van der Waals surface area contributed by atoms with Crippen molar-refractivity contribution in [3.05, 3.63) is 65.0 Å². The van der Waals surface area contributed by atoms with Gasteiger partial charge in [0.1, 0.15) is 5.82 Å². The predicted octanol–water partition coefficient (Wildman–Crippen LogP) is 7.04. The van der Waals surface area contributed by atoms with Gasteiger partial charge in [-0.2, -0.15) is 26.3 Å². The number of amides is 4. The molecule has 1 N–H and O–H groups in total. The third-order valence-corrected chi connectivity index (χ3v) is 9.19. The second-order valence-electron chi connectivity index (χ2n) is 12.1. The van der Waals surface area contributed by atoms with Gasteiger partial charge in [0.2, 0.25) is 11.8 Å². The second-order valence-corrected chi connectivity index (χ2v) is 12.5. The maximum Gasteiger partial charge on any atom is 0.416 e. The molecule has 0 unspecified atom stereocenters. The number of carbonyl (C=O) groups is 3. The fourth-order valence-electron chi connectivity index (χ4n) is 6.29. The Morgan fingerprint density at radius 2 is 1.47 bits per heavy atom. The van der Waals surface area contributed by atoms with Gasteiger partial charge in [-0.3, -0.25) is 14.5 Å². The summed E-state index contributed by atoms with van der Waals surface area (Å²) in [6.07, 6.45) is -7.06. The van der Waals surface area contributed by atoms with Crippen LogP contribution in [-0.2, 0) is 21.9 Å². The van der Waals surface area contributed by atoms with E-state index in [0.29, 0.717) is 67.0 Å². The van der Waals surface area contributed by atoms with Crippen LogP contribution in [0.2, 0.25) is 0 Å². The molecule has 0 bridgehead atoms. The van der Waals surface area contributed by atoms with Gasteiger partial charge >= 0.3 is 18.4 Å². The summed E-state index contributed by atoms with van der Waals surface area (Å²) in [7, 11) is 2.44. The maximum atomic E-state index is 13.8. The molecule has 2 aliphatic rings. The quantitative estimate of drug-likeness (QED) is 0.238. The number of benzene rings is 2. The molecule has 1 aliphatic heterocycles. The average molecular weight is 693 g/mol. The molecule has 47 heavy (non-hydrogen) atoms. The highest BCUT2D eigenvalue weighted by atomic mass is 35.5. The molecule has 4 rings (SSSR count). The van der Waals surface area contributed by atoms with E-state index in [1.807, 2.05) is 0 Å². The van der Waals surface area contributed by atoms with Crippen molar-refractivity contribution in [3.63, 3.8) is 0 Å². The van der Waals surface area contributed by atoms with E-state index in [4.69, 9.17) is 11.6 Å². The number of alkyl halides is 7. The van der Waals surface area contributed by atoms with Crippen molar-refractivity contribution in [2.24, 2.45) is 5.92 Å². The van der Waals surface area contributed by atoms with Crippen molar-refractivity contribution in [2.45, 2.75) is 68.9 Å². The second kappa shape index (κ2) is 14.7. The van der Waals surface area contributed by atoms with Crippen LogP contribution in [0.25, 0.3) is 0 Å². The van der Waals surface area contributed by atoms with Crippen molar-refractivity contribution in [1.29, 1.82) is 0 Å². The first-order valence-corrected chi connectivity index (χ1v) is 15.7. The summed E-state index contributed by atoms with van der Waals surface area (Å²) in [6, 6.07) is 4.74. The first kappa shape index (κ1) is 36.3. The van der Waals surface area contributed by atoms with Gasteiger partial charge < -0.3 is 15.1 Å². The Morgan fingerprint density at radius 1 is 0.894 bits per heavy atom. The molecule has 4 amide bonds. The average Bonchev–Trinajstić information content (AvgIpc) is 3.47. The summed E-state index contributed by atoms with van der Waals surface area (Å²) in [5.74, 6) is -1.24. The van der Waals surface area contributed by atoms with Gasteiger partial charge in [-0.15, -0.1) is 11.6 Å². The van der Waals surface area contributed by atoms with Gasteiger partial charge in [0.25, 0.3) is 0 Å². The Kier molecular flexibility index (Phi) is 11.3. The van der Waals surface area contributed by atoms with Crippen LogP contribution in [0.5, 0.6) is 0 Å². The molecule has 1 saturated carbocycles. The fourth-order valence-corrected chi connectivity index (χ4v) is 6.42. The van der Waals surface area contributed by atoms with Crippen LogP contribution in [0.15, 0.2) is 42.5 Å². The number of likely N-dealkylation sites (N-methyl/N-ethyl adjacent to an activating group) is 1. The van der Waals surface area contributed by atoms with Crippen molar-refractivity contribution in [3.8, 4) is 0 Å². The highest BCUT2D eigenvalue weighted by molar-refractivity contribution is 6.17. The minimum atomic E-state index is -5.10. The Labute approximate surface area is 273 Å². The summed E-state index contributed by atoms with van der Waals surface area (Å²) in [5, 5.41) is 2.97. The van der Waals surface area contributed by atoms with Crippen LogP contribution >= 0.6 is 11.6 Å². The summed E-state index contributed by atoms with van der Waals surface area (Å²) < 4.78 is 94.8. The molecule has 2 aromatic rings. The van der Waals surface area contributed by atoms with E-state index in [-0.39, 0.29) is 42.9 Å². The molecule has 1 aliphatic carbocycles. The number of likely N-dealkylation sites (tertiary alicyclic amines) is 1. The molecule has 1 heterocycles. The Hall–Kier alpha value is -3.55. The Morgan fingerprint density at radius 3 is 2.00 bits per heavy atom. The molecule has 0 spiro atoms. The summed E-state index contributed by atoms with van der Waals surface area (Å²) in [5.41, 5.74) is -3.12. The zero-order valence-corrected chi connectivity index (χ0v) is 26.6. The van der Waals surface area contributed by atoms with Gasteiger partial charge in [-0.1, -0.05) is 12.1 Å². The summed E-state index contributed by atoms with van der Waals surface area (Å²) in [4.78, 5) is 42.9. The van der Waals surface area contributed by atoms with E-state index in [0.717, 1.165) is 7.05 Å². The molecule has 1 saturated heterocycles. The molecule has 2 atom stereocenters. The van der Waals surface area contributed by atoms with E-state index >= 15 is 0 Å². The predicted molar refractivity (Wildman–Crippen MR) is 161 cm³/mol. The molecular formula is C32H36ClF7N4O3.